The Bertz CT molecular complexity index is 1400. The largest absolute Gasteiger partial charge is 0.846 e. The first-order valence-electron chi connectivity index (χ1n) is 14.7. The number of carbonyl (C=O) groups is 1. The number of ether oxygens (including phenoxy) is 1. The quantitative estimate of drug-likeness (QED) is 0.448. The van der Waals surface area contributed by atoms with Crippen LogP contribution in [0.5, 0.6) is 5.75 Å². The van der Waals surface area contributed by atoms with Gasteiger partial charge < -0.3 is 20.1 Å². The van der Waals surface area contributed by atoms with Gasteiger partial charge >= 0.3 is 6.03 Å². The molecule has 0 saturated carbocycles. The number of hydrogen-bond acceptors (Lipinski definition) is 5. The molecule has 1 aliphatic carbocycles. The first kappa shape index (κ1) is 29.8. The number of piperidine rings is 1. The van der Waals surface area contributed by atoms with Crippen molar-refractivity contribution in [2.75, 3.05) is 39.8 Å². The molecule has 2 aliphatic heterocycles. The molecule has 42 heavy (non-hydrogen) atoms. The number of halogens is 2. The van der Waals surface area contributed by atoms with Crippen molar-refractivity contribution in [2.24, 2.45) is 10.9 Å². The lowest BCUT2D eigenvalue weighted by molar-refractivity contribution is -0.230. The van der Waals surface area contributed by atoms with Crippen molar-refractivity contribution in [1.29, 1.82) is 0 Å². The van der Waals surface area contributed by atoms with E-state index in [1.54, 1.807) is 7.11 Å². The number of methoxy groups -OCH3 is 1. The minimum Gasteiger partial charge on any atom is -0.846 e. The molecule has 2 atom stereocenters. The van der Waals surface area contributed by atoms with Crippen LogP contribution in [0.4, 0.5) is 13.6 Å². The molecule has 1 saturated heterocycles. The van der Waals surface area contributed by atoms with Gasteiger partial charge in [0.1, 0.15) is 5.75 Å². The summed E-state index contributed by atoms with van der Waals surface area (Å²) >= 11 is 0. The second-order valence-electron chi connectivity index (χ2n) is 11.6. The van der Waals surface area contributed by atoms with E-state index in [1.165, 1.54) is 22.8 Å². The van der Waals surface area contributed by atoms with Crippen molar-refractivity contribution in [3.8, 4) is 5.75 Å². The highest BCUT2D eigenvalue weighted by atomic mass is 19.2. The van der Waals surface area contributed by atoms with Crippen LogP contribution in [0, 0.1) is 24.5 Å². The van der Waals surface area contributed by atoms with Crippen molar-refractivity contribution in [2.45, 2.75) is 51.0 Å². The topological polar surface area (TPSA) is 80.2 Å². The fraction of sp³-hybridized carbons (Fsp3) is 0.455. The molecule has 2 unspecified atom stereocenters. The monoisotopic (exact) mass is 577 g/mol. The summed E-state index contributed by atoms with van der Waals surface area (Å²) in [5, 5.41) is 15.1. The van der Waals surface area contributed by atoms with Crippen LogP contribution in [-0.2, 0) is 5.41 Å². The summed E-state index contributed by atoms with van der Waals surface area (Å²) in [6, 6.07) is 7.81. The summed E-state index contributed by atoms with van der Waals surface area (Å²) < 4.78 is 33.0. The Morgan fingerprint density at radius 1 is 1.17 bits per heavy atom. The SMILES string of the molecule is COc1ccc(C)cc1C1(C2=CC(C)CC=C2)CCN(CCCNC(=O)N2C([O-])=NCC2c2ccc(F)c(F)c2)CC1. The smallest absolute Gasteiger partial charge is 0.322 e. The van der Waals surface area contributed by atoms with Gasteiger partial charge in [-0.15, -0.1) is 0 Å². The summed E-state index contributed by atoms with van der Waals surface area (Å²) in [5.41, 5.74) is 4.04. The molecule has 0 bridgehead atoms. The number of rotatable bonds is 8. The summed E-state index contributed by atoms with van der Waals surface area (Å²) in [7, 11) is 1.74. The lowest BCUT2D eigenvalue weighted by Crippen LogP contribution is -2.48. The highest BCUT2D eigenvalue weighted by molar-refractivity contribution is 5.93. The second kappa shape index (κ2) is 12.7. The number of carbonyl (C=O) groups excluding carboxylic acids is 1. The van der Waals surface area contributed by atoms with Gasteiger partial charge in [-0.3, -0.25) is 9.89 Å². The fourth-order valence-corrected chi connectivity index (χ4v) is 6.47. The van der Waals surface area contributed by atoms with Crippen LogP contribution in [0.15, 0.2) is 65.2 Å². The maximum absolute atomic E-state index is 13.8. The van der Waals surface area contributed by atoms with Gasteiger partial charge in [0, 0.05) is 17.5 Å². The van der Waals surface area contributed by atoms with E-state index in [2.05, 4.69) is 65.5 Å². The Morgan fingerprint density at radius 2 is 1.95 bits per heavy atom. The van der Waals surface area contributed by atoms with Gasteiger partial charge in [0.25, 0.3) is 0 Å². The number of nitrogens with one attached hydrogen (secondary N) is 1. The predicted molar refractivity (Wildman–Crippen MR) is 157 cm³/mol. The third-order valence-corrected chi connectivity index (χ3v) is 8.79. The van der Waals surface area contributed by atoms with Crippen molar-refractivity contribution in [1.82, 2.24) is 15.1 Å². The van der Waals surface area contributed by atoms with Crippen LogP contribution >= 0.6 is 0 Å². The zero-order valence-electron chi connectivity index (χ0n) is 24.5. The summed E-state index contributed by atoms with van der Waals surface area (Å²) in [6.45, 7) is 7.40. The number of amidine groups is 1. The number of hydrogen-bond donors (Lipinski definition) is 1. The van der Waals surface area contributed by atoms with Crippen molar-refractivity contribution in [3.63, 3.8) is 0 Å². The molecule has 5 rings (SSSR count). The van der Waals surface area contributed by atoms with Gasteiger partial charge in [0.2, 0.25) is 0 Å². The van der Waals surface area contributed by atoms with Crippen molar-refractivity contribution in [3.05, 3.63) is 88.5 Å². The van der Waals surface area contributed by atoms with E-state index >= 15 is 0 Å². The van der Waals surface area contributed by atoms with E-state index in [0.29, 0.717) is 24.4 Å². The Morgan fingerprint density at radius 3 is 2.67 bits per heavy atom. The summed E-state index contributed by atoms with van der Waals surface area (Å²) in [5.74, 6) is -0.583. The maximum atomic E-state index is 13.8. The molecule has 2 aromatic rings. The van der Waals surface area contributed by atoms with E-state index in [4.69, 9.17) is 4.74 Å². The molecule has 224 valence electrons. The Labute approximate surface area is 246 Å². The Kier molecular flexibility index (Phi) is 8.96. The van der Waals surface area contributed by atoms with Gasteiger partial charge in [-0.2, -0.15) is 0 Å². The van der Waals surface area contributed by atoms with Gasteiger partial charge in [0.05, 0.1) is 25.7 Å². The number of amides is 2. The third kappa shape index (κ3) is 6.07. The predicted octanol–water partition coefficient (Wildman–Crippen LogP) is 5.01. The van der Waals surface area contributed by atoms with Gasteiger partial charge in [0.15, 0.2) is 11.6 Å². The molecule has 3 aliphatic rings. The number of aliphatic imine (C=N–C) groups is 1. The average molecular weight is 578 g/mol. The number of nitrogens with zero attached hydrogens (tertiary/aromatic N) is 3. The average Bonchev–Trinajstić information content (AvgIpc) is 3.38. The Balaban J connectivity index is 1.19. The lowest BCUT2D eigenvalue weighted by Gasteiger charge is -2.45. The molecule has 1 fully saturated rings. The van der Waals surface area contributed by atoms with E-state index in [1.807, 2.05) is 0 Å². The zero-order chi connectivity index (χ0) is 29.9. The van der Waals surface area contributed by atoms with Crippen LogP contribution < -0.4 is 15.2 Å². The first-order valence-corrected chi connectivity index (χ1v) is 14.7. The number of likely N-dealkylation sites (tertiary alicyclic amines) is 1. The molecular formula is C33H39F2N4O3-. The summed E-state index contributed by atoms with van der Waals surface area (Å²) in [6.07, 6.45) is 10.7. The Hall–Kier alpha value is -3.72. The van der Waals surface area contributed by atoms with Crippen LogP contribution in [0.25, 0.3) is 0 Å². The van der Waals surface area contributed by atoms with Crippen LogP contribution in [0.3, 0.4) is 0 Å². The van der Waals surface area contributed by atoms with Crippen LogP contribution in [0.2, 0.25) is 0 Å². The molecule has 2 amide bonds. The van der Waals surface area contributed by atoms with Crippen LogP contribution in [-0.4, -0.2) is 61.7 Å². The number of urea groups is 1. The van der Waals surface area contributed by atoms with E-state index in [0.717, 1.165) is 61.7 Å². The molecular weight excluding hydrogens is 538 g/mol. The summed E-state index contributed by atoms with van der Waals surface area (Å²) in [4.78, 5) is 20.1. The highest BCUT2D eigenvalue weighted by Crippen LogP contribution is 2.47. The highest BCUT2D eigenvalue weighted by Gasteiger charge is 2.41. The molecule has 0 spiro atoms. The maximum Gasteiger partial charge on any atom is 0.322 e. The van der Waals surface area contributed by atoms with Gasteiger partial charge in [-0.25, -0.2) is 13.6 Å². The number of allylic oxidation sites excluding steroid dienone is 4. The molecule has 2 heterocycles. The van der Waals surface area contributed by atoms with Crippen molar-refractivity contribution < 1.29 is 23.4 Å². The number of aryl methyl sites for hydroxylation is 1. The minimum absolute atomic E-state index is 0.0168. The molecule has 0 radical (unpaired) electrons. The fourth-order valence-electron chi connectivity index (χ4n) is 6.47. The van der Waals surface area contributed by atoms with Gasteiger partial charge in [-0.05, 0) is 87.5 Å². The molecule has 7 nitrogen and oxygen atoms in total. The first-order chi connectivity index (χ1) is 20.2. The zero-order valence-corrected chi connectivity index (χ0v) is 24.5. The molecule has 9 heteroatoms. The second-order valence-corrected chi connectivity index (χ2v) is 11.6. The van der Waals surface area contributed by atoms with E-state index < -0.39 is 29.7 Å². The molecule has 1 N–H and O–H groups in total. The third-order valence-electron chi connectivity index (χ3n) is 8.79. The molecule has 0 aromatic heterocycles. The number of benzene rings is 2. The normalized spacial score (nSPS) is 22.1. The van der Waals surface area contributed by atoms with Crippen molar-refractivity contribution >= 4 is 12.1 Å². The van der Waals surface area contributed by atoms with Crippen LogP contribution in [0.1, 0.15) is 55.3 Å². The lowest BCUT2D eigenvalue weighted by atomic mass is 9.65. The molecule has 2 aromatic carbocycles. The standard InChI is InChI=1S/C33H40F2N4O3/c1-22-6-4-7-25(18-22)33(26-19-23(2)8-11-30(26)42-3)12-16-38(17-13-33)15-5-14-36-31(40)39-29(21-37-32(39)41)24-9-10-27(34)28(35)20-24/h4,7-11,18-20,22,29H,5-6,12-17,21H2,1-3H3,(H,36,40)(H,37,41)/p-1. The van der Waals surface area contributed by atoms with E-state index in [-0.39, 0.29) is 12.0 Å². The van der Waals surface area contributed by atoms with E-state index in [9.17, 15) is 18.7 Å². The van der Waals surface area contributed by atoms with Gasteiger partial charge in [-0.1, -0.05) is 48.9 Å². The minimum atomic E-state index is -1.02.